The van der Waals surface area contributed by atoms with E-state index in [0.29, 0.717) is 24.0 Å². The fourth-order valence-electron chi connectivity index (χ4n) is 3.28. The number of aromatic amines is 1. The molecule has 3 rings (SSSR count). The van der Waals surface area contributed by atoms with Crippen LogP contribution in [0.15, 0.2) is 29.1 Å². The molecular formula is C17H20N4O4. The maximum atomic E-state index is 13.1. The Balaban J connectivity index is 2.11. The molecule has 1 aliphatic heterocycles. The SMILES string of the molecule is CCCN(C(=O)c1cc(=O)[nH]c2ccc([N+](=O)[O-])cc12)C1CCNC1. The first-order chi connectivity index (χ1) is 12.0. The predicted molar refractivity (Wildman–Crippen MR) is 93.8 cm³/mol. The molecule has 1 aliphatic rings. The van der Waals surface area contributed by atoms with Crippen molar-refractivity contribution in [2.75, 3.05) is 19.6 Å². The zero-order valence-electron chi connectivity index (χ0n) is 13.9. The van der Waals surface area contributed by atoms with Crippen molar-refractivity contribution in [1.82, 2.24) is 15.2 Å². The van der Waals surface area contributed by atoms with Crippen molar-refractivity contribution in [1.29, 1.82) is 0 Å². The number of nitro groups is 1. The number of hydrogen-bond donors (Lipinski definition) is 2. The van der Waals surface area contributed by atoms with Gasteiger partial charge >= 0.3 is 0 Å². The molecule has 1 aromatic carbocycles. The quantitative estimate of drug-likeness (QED) is 0.633. The number of nitrogens with one attached hydrogen (secondary N) is 2. The lowest BCUT2D eigenvalue weighted by atomic mass is 10.1. The molecule has 8 heteroatoms. The van der Waals surface area contributed by atoms with E-state index in [2.05, 4.69) is 10.3 Å². The summed E-state index contributed by atoms with van der Waals surface area (Å²) < 4.78 is 0. The van der Waals surface area contributed by atoms with Crippen molar-refractivity contribution < 1.29 is 9.72 Å². The number of amides is 1. The summed E-state index contributed by atoms with van der Waals surface area (Å²) in [7, 11) is 0. The molecule has 132 valence electrons. The highest BCUT2D eigenvalue weighted by atomic mass is 16.6. The summed E-state index contributed by atoms with van der Waals surface area (Å²) in [6, 6.07) is 5.43. The van der Waals surface area contributed by atoms with E-state index < -0.39 is 10.5 Å². The summed E-state index contributed by atoms with van der Waals surface area (Å²) >= 11 is 0. The number of fused-ring (bicyclic) bond motifs is 1. The normalized spacial score (nSPS) is 16.9. The highest BCUT2D eigenvalue weighted by molar-refractivity contribution is 6.06. The van der Waals surface area contributed by atoms with Crippen molar-refractivity contribution in [2.24, 2.45) is 0 Å². The van der Waals surface area contributed by atoms with Crippen molar-refractivity contribution in [3.05, 3.63) is 50.3 Å². The molecule has 0 bridgehead atoms. The van der Waals surface area contributed by atoms with E-state index in [1.54, 1.807) is 4.90 Å². The van der Waals surface area contributed by atoms with Gasteiger partial charge in [-0.3, -0.25) is 19.7 Å². The van der Waals surface area contributed by atoms with Gasteiger partial charge in [0, 0.05) is 48.2 Å². The Hall–Kier alpha value is -2.74. The number of pyridine rings is 1. The molecule has 2 aromatic rings. The average molecular weight is 344 g/mol. The van der Waals surface area contributed by atoms with Crippen LogP contribution < -0.4 is 10.9 Å². The molecule has 8 nitrogen and oxygen atoms in total. The van der Waals surface area contributed by atoms with Crippen LogP contribution in [0.2, 0.25) is 0 Å². The maximum Gasteiger partial charge on any atom is 0.270 e. The third-order valence-electron chi connectivity index (χ3n) is 4.47. The predicted octanol–water partition coefficient (Wildman–Crippen LogP) is 1.65. The van der Waals surface area contributed by atoms with Gasteiger partial charge < -0.3 is 15.2 Å². The van der Waals surface area contributed by atoms with E-state index in [4.69, 9.17) is 0 Å². The standard InChI is InChI=1S/C17H20N4O4/c1-2-7-20(12-5-6-18-10-12)17(23)14-9-16(22)19-15-4-3-11(21(24)25)8-13(14)15/h3-4,8-9,12,18H,2,5-7,10H2,1H3,(H,19,22). The Morgan fingerprint density at radius 1 is 1.40 bits per heavy atom. The zero-order valence-corrected chi connectivity index (χ0v) is 13.9. The molecule has 1 amide bonds. The molecule has 0 radical (unpaired) electrons. The van der Waals surface area contributed by atoms with Gasteiger partial charge in [0.15, 0.2) is 0 Å². The van der Waals surface area contributed by atoms with Gasteiger partial charge in [-0.1, -0.05) is 6.92 Å². The molecule has 1 atom stereocenters. The maximum absolute atomic E-state index is 13.1. The summed E-state index contributed by atoms with van der Waals surface area (Å²) in [5.74, 6) is -0.257. The summed E-state index contributed by atoms with van der Waals surface area (Å²) in [6.45, 7) is 4.13. The minimum absolute atomic E-state index is 0.0699. The molecule has 1 unspecified atom stereocenters. The van der Waals surface area contributed by atoms with Crippen LogP contribution in [0.5, 0.6) is 0 Å². The molecule has 0 spiro atoms. The second kappa shape index (κ2) is 7.02. The van der Waals surface area contributed by atoms with Gasteiger partial charge in [-0.2, -0.15) is 0 Å². The topological polar surface area (TPSA) is 108 Å². The van der Waals surface area contributed by atoms with Gasteiger partial charge in [-0.05, 0) is 25.5 Å². The van der Waals surface area contributed by atoms with E-state index in [1.165, 1.54) is 24.3 Å². The Morgan fingerprint density at radius 3 is 2.84 bits per heavy atom. The second-order valence-electron chi connectivity index (χ2n) is 6.18. The molecule has 2 heterocycles. The number of hydrogen-bond acceptors (Lipinski definition) is 5. The highest BCUT2D eigenvalue weighted by Crippen LogP contribution is 2.24. The number of rotatable bonds is 5. The van der Waals surface area contributed by atoms with Crippen LogP contribution in [0.3, 0.4) is 0 Å². The van der Waals surface area contributed by atoms with Gasteiger partial charge in [-0.25, -0.2) is 0 Å². The van der Waals surface area contributed by atoms with E-state index >= 15 is 0 Å². The third kappa shape index (κ3) is 3.39. The van der Waals surface area contributed by atoms with E-state index in [1.807, 2.05) is 6.92 Å². The first-order valence-corrected chi connectivity index (χ1v) is 8.34. The number of nitro benzene ring substituents is 1. The van der Waals surface area contributed by atoms with Gasteiger partial charge in [0.2, 0.25) is 5.56 Å². The summed E-state index contributed by atoms with van der Waals surface area (Å²) in [6.07, 6.45) is 1.65. The third-order valence-corrected chi connectivity index (χ3v) is 4.47. The van der Waals surface area contributed by atoms with Crippen LogP contribution in [0, 0.1) is 10.1 Å². The number of carbonyl (C=O) groups excluding carboxylic acids is 1. The lowest BCUT2D eigenvalue weighted by molar-refractivity contribution is -0.384. The zero-order chi connectivity index (χ0) is 18.0. The largest absolute Gasteiger partial charge is 0.334 e. The van der Waals surface area contributed by atoms with Crippen molar-refractivity contribution in [3.63, 3.8) is 0 Å². The molecule has 1 aromatic heterocycles. The van der Waals surface area contributed by atoms with Gasteiger partial charge in [0.05, 0.1) is 10.5 Å². The molecule has 1 saturated heterocycles. The second-order valence-corrected chi connectivity index (χ2v) is 6.18. The monoisotopic (exact) mass is 344 g/mol. The van der Waals surface area contributed by atoms with Crippen molar-refractivity contribution >= 4 is 22.5 Å². The smallest absolute Gasteiger partial charge is 0.270 e. The minimum atomic E-state index is -0.510. The average Bonchev–Trinajstić information content (AvgIpc) is 3.12. The van der Waals surface area contributed by atoms with Crippen molar-refractivity contribution in [3.8, 4) is 0 Å². The van der Waals surface area contributed by atoms with Crippen LogP contribution >= 0.6 is 0 Å². The number of aromatic nitrogens is 1. The fourth-order valence-corrected chi connectivity index (χ4v) is 3.28. The van der Waals surface area contributed by atoms with Crippen LogP contribution in [0.1, 0.15) is 30.1 Å². The van der Waals surface area contributed by atoms with Crippen molar-refractivity contribution in [2.45, 2.75) is 25.8 Å². The highest BCUT2D eigenvalue weighted by Gasteiger charge is 2.28. The molecular weight excluding hydrogens is 324 g/mol. The molecule has 2 N–H and O–H groups in total. The number of nitrogens with zero attached hydrogens (tertiary/aromatic N) is 2. The lowest BCUT2D eigenvalue weighted by Gasteiger charge is -2.28. The van der Waals surface area contributed by atoms with Gasteiger partial charge in [-0.15, -0.1) is 0 Å². The molecule has 0 saturated carbocycles. The Kier molecular flexibility index (Phi) is 4.80. The number of benzene rings is 1. The van der Waals surface area contributed by atoms with Crippen LogP contribution in [0.25, 0.3) is 10.9 Å². The van der Waals surface area contributed by atoms with E-state index in [9.17, 15) is 19.7 Å². The number of non-ortho nitro benzene ring substituents is 1. The van der Waals surface area contributed by atoms with Gasteiger partial charge in [0.1, 0.15) is 0 Å². The van der Waals surface area contributed by atoms with Crippen LogP contribution in [-0.4, -0.2) is 46.4 Å². The summed E-state index contributed by atoms with van der Waals surface area (Å²) in [5, 5.41) is 14.7. The first-order valence-electron chi connectivity index (χ1n) is 8.34. The molecule has 0 aliphatic carbocycles. The fraction of sp³-hybridized carbons (Fsp3) is 0.412. The van der Waals surface area contributed by atoms with E-state index in [-0.39, 0.29) is 23.2 Å². The van der Waals surface area contributed by atoms with E-state index in [0.717, 1.165) is 19.4 Å². The molecule has 1 fully saturated rings. The lowest BCUT2D eigenvalue weighted by Crippen LogP contribution is -2.42. The van der Waals surface area contributed by atoms with Crippen LogP contribution in [-0.2, 0) is 0 Å². The number of H-pyrrole nitrogens is 1. The summed E-state index contributed by atoms with van der Waals surface area (Å²) in [5.41, 5.74) is 0.120. The van der Waals surface area contributed by atoms with Gasteiger partial charge in [0.25, 0.3) is 11.6 Å². The van der Waals surface area contributed by atoms with Crippen LogP contribution in [0.4, 0.5) is 5.69 Å². The molecule has 25 heavy (non-hydrogen) atoms. The first kappa shape index (κ1) is 17.1. The Bertz CT molecular complexity index is 871. The number of carbonyl (C=O) groups is 1. The Labute approximate surface area is 144 Å². The minimum Gasteiger partial charge on any atom is -0.334 e. The summed E-state index contributed by atoms with van der Waals surface area (Å²) in [4.78, 5) is 40.1. The Morgan fingerprint density at radius 2 is 2.20 bits per heavy atom.